The van der Waals surface area contributed by atoms with Crippen LogP contribution in [0.25, 0.3) is 0 Å². The third kappa shape index (κ3) is 5.54. The molecule has 6 heteroatoms. The van der Waals surface area contributed by atoms with Crippen LogP contribution in [0.4, 0.5) is 8.78 Å². The lowest BCUT2D eigenvalue weighted by Crippen LogP contribution is -2.28. The zero-order valence-electron chi connectivity index (χ0n) is 12.7. The average molecular weight is 333 g/mol. The van der Waals surface area contributed by atoms with E-state index in [1.165, 1.54) is 12.1 Å². The molecular weight excluding hydrogens is 310 g/mol. The zero-order chi connectivity index (χ0) is 15.2. The Labute approximate surface area is 136 Å². The van der Waals surface area contributed by atoms with Crippen LogP contribution in [0.5, 0.6) is 0 Å². The molecule has 1 saturated heterocycles. The van der Waals surface area contributed by atoms with Crippen LogP contribution >= 0.6 is 12.4 Å². The lowest BCUT2D eigenvalue weighted by atomic mass is 10.00. The van der Waals surface area contributed by atoms with Gasteiger partial charge in [0, 0.05) is 24.9 Å². The molecule has 0 radical (unpaired) electrons. The van der Waals surface area contributed by atoms with Crippen molar-refractivity contribution in [3.05, 3.63) is 35.4 Å². The topological polar surface area (TPSA) is 41.1 Å². The van der Waals surface area contributed by atoms with Crippen LogP contribution < -0.4 is 10.6 Å². The molecule has 1 aliphatic rings. The van der Waals surface area contributed by atoms with Crippen molar-refractivity contribution in [2.45, 2.75) is 32.1 Å². The second kappa shape index (κ2) is 9.06. The van der Waals surface area contributed by atoms with Crippen molar-refractivity contribution in [2.75, 3.05) is 19.6 Å². The molecule has 22 heavy (non-hydrogen) atoms. The highest BCUT2D eigenvalue weighted by atomic mass is 35.5. The predicted molar refractivity (Wildman–Crippen MR) is 85.2 cm³/mol. The van der Waals surface area contributed by atoms with Crippen molar-refractivity contribution in [3.8, 4) is 0 Å². The molecule has 2 unspecified atom stereocenters. The first kappa shape index (κ1) is 18.8. The Morgan fingerprint density at radius 1 is 1.45 bits per heavy atom. The fourth-order valence-electron chi connectivity index (χ4n) is 2.66. The molecule has 2 rings (SSSR count). The van der Waals surface area contributed by atoms with Crippen molar-refractivity contribution in [3.63, 3.8) is 0 Å². The van der Waals surface area contributed by atoms with E-state index < -0.39 is 11.6 Å². The van der Waals surface area contributed by atoms with Gasteiger partial charge in [-0.05, 0) is 43.5 Å². The fraction of sp³-hybridized carbons (Fsp3) is 0.562. The Hall–Kier alpha value is -1.20. The number of carbonyl (C=O) groups excluding carboxylic acids is 1. The number of nitrogens with one attached hydrogen (secondary N) is 2. The van der Waals surface area contributed by atoms with E-state index in [-0.39, 0.29) is 24.2 Å². The van der Waals surface area contributed by atoms with E-state index in [0.717, 1.165) is 32.0 Å². The molecule has 1 aromatic carbocycles. The van der Waals surface area contributed by atoms with Crippen molar-refractivity contribution in [2.24, 2.45) is 5.92 Å². The second-order valence-electron chi connectivity index (χ2n) is 5.77. The van der Waals surface area contributed by atoms with E-state index in [0.29, 0.717) is 24.4 Å². The van der Waals surface area contributed by atoms with Crippen LogP contribution in [0.3, 0.4) is 0 Å². The molecule has 2 atom stereocenters. The summed E-state index contributed by atoms with van der Waals surface area (Å²) in [5.74, 6) is -0.742. The average Bonchev–Trinajstić information content (AvgIpc) is 2.95. The first-order valence-electron chi connectivity index (χ1n) is 7.48. The maximum Gasteiger partial charge on any atom is 0.220 e. The highest BCUT2D eigenvalue weighted by molar-refractivity contribution is 5.85. The van der Waals surface area contributed by atoms with E-state index >= 15 is 0 Å². The molecule has 1 amide bonds. The van der Waals surface area contributed by atoms with Gasteiger partial charge in [0.1, 0.15) is 11.6 Å². The molecule has 0 spiro atoms. The van der Waals surface area contributed by atoms with Crippen molar-refractivity contribution in [1.82, 2.24) is 10.6 Å². The standard InChI is InChI=1S/C16H22F2N2O.ClH/c1-11(14-4-3-13(17)8-15(14)18)9-20-16(21)5-2-12-6-7-19-10-12;/h3-4,8,11-12,19H,2,5-7,9-10H2,1H3,(H,20,21);1H. The Kier molecular flexibility index (Phi) is 7.76. The second-order valence-corrected chi connectivity index (χ2v) is 5.77. The molecule has 1 aliphatic heterocycles. The predicted octanol–water partition coefficient (Wildman–Crippen LogP) is 3.00. The summed E-state index contributed by atoms with van der Waals surface area (Å²) < 4.78 is 26.5. The van der Waals surface area contributed by atoms with Gasteiger partial charge in [-0.3, -0.25) is 4.79 Å². The van der Waals surface area contributed by atoms with E-state index in [1.807, 2.05) is 6.92 Å². The van der Waals surface area contributed by atoms with Crippen LogP contribution in [0, 0.1) is 17.6 Å². The molecule has 124 valence electrons. The molecule has 0 bridgehead atoms. The van der Waals surface area contributed by atoms with Gasteiger partial charge in [-0.25, -0.2) is 8.78 Å². The van der Waals surface area contributed by atoms with Crippen molar-refractivity contribution < 1.29 is 13.6 Å². The maximum atomic E-state index is 13.6. The Morgan fingerprint density at radius 3 is 2.86 bits per heavy atom. The lowest BCUT2D eigenvalue weighted by Gasteiger charge is -2.14. The minimum Gasteiger partial charge on any atom is -0.356 e. The minimum absolute atomic E-state index is 0. The van der Waals surface area contributed by atoms with Gasteiger partial charge >= 0.3 is 0 Å². The fourth-order valence-corrected chi connectivity index (χ4v) is 2.66. The first-order valence-corrected chi connectivity index (χ1v) is 7.48. The molecule has 3 nitrogen and oxygen atoms in total. The number of rotatable bonds is 6. The molecule has 0 saturated carbocycles. The largest absolute Gasteiger partial charge is 0.356 e. The number of carbonyl (C=O) groups is 1. The molecule has 1 heterocycles. The van der Waals surface area contributed by atoms with E-state index in [2.05, 4.69) is 10.6 Å². The first-order chi connectivity index (χ1) is 10.1. The Morgan fingerprint density at radius 2 is 2.23 bits per heavy atom. The SMILES string of the molecule is CC(CNC(=O)CCC1CCNC1)c1ccc(F)cc1F.Cl. The molecule has 2 N–H and O–H groups in total. The molecule has 1 aromatic rings. The quantitative estimate of drug-likeness (QED) is 0.841. The van der Waals surface area contributed by atoms with Gasteiger partial charge in [-0.15, -0.1) is 12.4 Å². The van der Waals surface area contributed by atoms with Crippen molar-refractivity contribution in [1.29, 1.82) is 0 Å². The highest BCUT2D eigenvalue weighted by Crippen LogP contribution is 2.19. The van der Waals surface area contributed by atoms with E-state index in [9.17, 15) is 13.6 Å². The van der Waals surface area contributed by atoms with Gasteiger partial charge in [0.2, 0.25) is 5.91 Å². The van der Waals surface area contributed by atoms with Crippen LogP contribution in [0.2, 0.25) is 0 Å². The number of halogens is 3. The molecule has 1 fully saturated rings. The Balaban J connectivity index is 0.00000242. The summed E-state index contributed by atoms with van der Waals surface area (Å²) in [6.07, 6.45) is 2.52. The van der Waals surface area contributed by atoms with Crippen LogP contribution in [-0.4, -0.2) is 25.5 Å². The summed E-state index contributed by atoms with van der Waals surface area (Å²) in [6, 6.07) is 3.55. The smallest absolute Gasteiger partial charge is 0.220 e. The maximum absolute atomic E-state index is 13.6. The van der Waals surface area contributed by atoms with Gasteiger partial charge in [0.05, 0.1) is 0 Å². The van der Waals surface area contributed by atoms with Gasteiger partial charge < -0.3 is 10.6 Å². The monoisotopic (exact) mass is 332 g/mol. The van der Waals surface area contributed by atoms with Crippen molar-refractivity contribution >= 4 is 18.3 Å². The molecule has 0 aromatic heterocycles. The van der Waals surface area contributed by atoms with E-state index in [1.54, 1.807) is 0 Å². The zero-order valence-corrected chi connectivity index (χ0v) is 13.5. The summed E-state index contributed by atoms with van der Waals surface area (Å²) in [7, 11) is 0. The van der Waals surface area contributed by atoms with Crippen LogP contribution in [-0.2, 0) is 4.79 Å². The third-order valence-corrected chi connectivity index (χ3v) is 4.04. The summed E-state index contributed by atoms with van der Waals surface area (Å²) in [5.41, 5.74) is 0.427. The summed E-state index contributed by atoms with van der Waals surface area (Å²) in [4.78, 5) is 11.8. The highest BCUT2D eigenvalue weighted by Gasteiger charge is 2.16. The van der Waals surface area contributed by atoms with Gasteiger partial charge in [-0.1, -0.05) is 13.0 Å². The van der Waals surface area contributed by atoms with Gasteiger partial charge in [-0.2, -0.15) is 0 Å². The summed E-state index contributed by atoms with van der Waals surface area (Å²) in [6.45, 7) is 4.21. The Bertz CT molecular complexity index is 493. The number of hydrogen-bond donors (Lipinski definition) is 2. The van der Waals surface area contributed by atoms with E-state index in [4.69, 9.17) is 0 Å². The third-order valence-electron chi connectivity index (χ3n) is 4.04. The lowest BCUT2D eigenvalue weighted by molar-refractivity contribution is -0.121. The van der Waals surface area contributed by atoms with Gasteiger partial charge in [0.15, 0.2) is 0 Å². The summed E-state index contributed by atoms with van der Waals surface area (Å²) >= 11 is 0. The van der Waals surface area contributed by atoms with Crippen LogP contribution in [0.15, 0.2) is 18.2 Å². The molecular formula is C16H23ClF2N2O. The van der Waals surface area contributed by atoms with Gasteiger partial charge in [0.25, 0.3) is 0 Å². The normalized spacial score (nSPS) is 18.6. The molecule has 0 aliphatic carbocycles. The number of benzene rings is 1. The minimum atomic E-state index is -0.586. The van der Waals surface area contributed by atoms with Crippen LogP contribution in [0.1, 0.15) is 37.7 Å². The number of amides is 1. The summed E-state index contributed by atoms with van der Waals surface area (Å²) in [5, 5.41) is 6.10. The number of hydrogen-bond acceptors (Lipinski definition) is 2.